The molecule has 4 heteroatoms. The minimum absolute atomic E-state index is 0.0804. The van der Waals surface area contributed by atoms with E-state index in [2.05, 4.69) is 28.5 Å². The highest BCUT2D eigenvalue weighted by molar-refractivity contribution is 5.94. The molecule has 24 heavy (non-hydrogen) atoms. The second kappa shape index (κ2) is 4.57. The Bertz CT molecular complexity index is 905. The van der Waals surface area contributed by atoms with Gasteiger partial charge in [0.15, 0.2) is 0 Å². The maximum absolute atomic E-state index is 12.1. The smallest absolute Gasteiger partial charge is 0.228 e. The molecular formula is C20H19N3O. The van der Waals surface area contributed by atoms with Crippen molar-refractivity contribution in [2.75, 3.05) is 5.32 Å². The number of carbonyl (C=O) groups is 1. The zero-order valence-electron chi connectivity index (χ0n) is 13.5. The van der Waals surface area contributed by atoms with Crippen molar-refractivity contribution in [1.29, 1.82) is 5.26 Å². The Morgan fingerprint density at radius 3 is 2.71 bits per heavy atom. The molecule has 3 aliphatic carbocycles. The minimum atomic E-state index is -0.278. The van der Waals surface area contributed by atoms with Gasteiger partial charge >= 0.3 is 0 Å². The number of nitrogens with zero attached hydrogens (tertiary/aromatic N) is 2. The van der Waals surface area contributed by atoms with Gasteiger partial charge in [0.05, 0.1) is 11.5 Å². The monoisotopic (exact) mass is 317 g/mol. The molecule has 5 rings (SSSR count). The Hall–Kier alpha value is -2.41. The van der Waals surface area contributed by atoms with Crippen molar-refractivity contribution in [3.63, 3.8) is 0 Å². The summed E-state index contributed by atoms with van der Waals surface area (Å²) in [5, 5.41) is 14.7. The molecule has 1 aromatic heterocycles. The standard InChI is InChI=1S/C20H19N3O/c21-12-20(11-19(20)6-7-19)16-5-4-14-10-22-17(9-15(14)8-16)23-18(24)13-2-1-3-13/h4-5,8-10,13H,1-3,6-7,11H2,(H,22,23,24)/t20-/m0/s1. The van der Waals surface area contributed by atoms with Crippen LogP contribution in [0.15, 0.2) is 30.5 Å². The van der Waals surface area contributed by atoms with Gasteiger partial charge in [0.2, 0.25) is 5.91 Å². The summed E-state index contributed by atoms with van der Waals surface area (Å²) in [4.78, 5) is 16.5. The van der Waals surface area contributed by atoms with E-state index in [4.69, 9.17) is 0 Å². The van der Waals surface area contributed by atoms with Crippen LogP contribution in [0.1, 0.15) is 44.1 Å². The van der Waals surface area contributed by atoms with Crippen molar-refractivity contribution in [2.45, 2.75) is 43.9 Å². The van der Waals surface area contributed by atoms with Crippen molar-refractivity contribution in [3.8, 4) is 6.07 Å². The number of aromatic nitrogens is 1. The Kier molecular flexibility index (Phi) is 2.66. The highest BCUT2D eigenvalue weighted by Crippen LogP contribution is 2.78. The third-order valence-corrected chi connectivity index (χ3v) is 6.37. The van der Waals surface area contributed by atoms with Crippen molar-refractivity contribution in [1.82, 2.24) is 4.98 Å². The largest absolute Gasteiger partial charge is 0.310 e. The van der Waals surface area contributed by atoms with E-state index in [0.717, 1.165) is 42.0 Å². The summed E-state index contributed by atoms with van der Waals surface area (Å²) in [6, 6.07) is 10.7. The Morgan fingerprint density at radius 1 is 1.25 bits per heavy atom. The van der Waals surface area contributed by atoms with E-state index in [9.17, 15) is 10.1 Å². The summed E-state index contributed by atoms with van der Waals surface area (Å²) in [5.74, 6) is 0.841. The summed E-state index contributed by atoms with van der Waals surface area (Å²) >= 11 is 0. The molecule has 1 spiro atoms. The van der Waals surface area contributed by atoms with Crippen molar-refractivity contribution in [2.24, 2.45) is 11.3 Å². The number of carbonyl (C=O) groups excluding carboxylic acids is 1. The average Bonchev–Trinajstić information content (AvgIpc) is 3.44. The van der Waals surface area contributed by atoms with Crippen molar-refractivity contribution < 1.29 is 4.79 Å². The number of hydrogen-bond acceptors (Lipinski definition) is 3. The van der Waals surface area contributed by atoms with E-state index >= 15 is 0 Å². The molecule has 4 nitrogen and oxygen atoms in total. The highest BCUT2D eigenvalue weighted by Gasteiger charge is 2.75. The zero-order chi connectivity index (χ0) is 16.4. The Balaban J connectivity index is 1.47. The fraction of sp³-hybridized carbons (Fsp3) is 0.450. The van der Waals surface area contributed by atoms with Gasteiger partial charge in [-0.15, -0.1) is 0 Å². The molecule has 2 aromatic rings. The molecule has 0 bridgehead atoms. The molecule has 1 N–H and O–H groups in total. The lowest BCUT2D eigenvalue weighted by molar-refractivity contribution is -0.122. The summed E-state index contributed by atoms with van der Waals surface area (Å²) in [6.07, 6.45) is 8.26. The van der Waals surface area contributed by atoms with Crippen LogP contribution in [0.5, 0.6) is 0 Å². The number of benzene rings is 1. The molecule has 1 aromatic carbocycles. The van der Waals surface area contributed by atoms with E-state index in [1.54, 1.807) is 6.20 Å². The topological polar surface area (TPSA) is 65.8 Å². The highest BCUT2D eigenvalue weighted by atomic mass is 16.2. The number of nitriles is 1. The second-order valence-corrected chi connectivity index (χ2v) is 7.72. The summed E-state index contributed by atoms with van der Waals surface area (Å²) < 4.78 is 0. The van der Waals surface area contributed by atoms with E-state index in [1.807, 2.05) is 12.1 Å². The fourth-order valence-corrected chi connectivity index (χ4v) is 4.22. The lowest BCUT2D eigenvalue weighted by atomic mass is 9.85. The molecule has 0 aliphatic heterocycles. The first-order valence-electron chi connectivity index (χ1n) is 8.78. The first-order chi connectivity index (χ1) is 11.7. The molecule has 0 radical (unpaired) electrons. The third kappa shape index (κ3) is 1.84. The summed E-state index contributed by atoms with van der Waals surface area (Å²) in [5.41, 5.74) is 1.11. The van der Waals surface area contributed by atoms with Gasteiger partial charge in [-0.3, -0.25) is 4.79 Å². The van der Waals surface area contributed by atoms with Crippen LogP contribution in [-0.2, 0) is 10.2 Å². The molecule has 1 atom stereocenters. The fourth-order valence-electron chi connectivity index (χ4n) is 4.22. The quantitative estimate of drug-likeness (QED) is 0.933. The number of anilines is 1. The maximum Gasteiger partial charge on any atom is 0.228 e. The van der Waals surface area contributed by atoms with Crippen LogP contribution in [0.4, 0.5) is 5.82 Å². The summed E-state index contributed by atoms with van der Waals surface area (Å²) in [6.45, 7) is 0. The van der Waals surface area contributed by atoms with Crippen molar-refractivity contribution >= 4 is 22.5 Å². The zero-order valence-corrected chi connectivity index (χ0v) is 13.5. The third-order valence-electron chi connectivity index (χ3n) is 6.37. The van der Waals surface area contributed by atoms with E-state index in [0.29, 0.717) is 5.82 Å². The number of rotatable bonds is 3. The van der Waals surface area contributed by atoms with Gasteiger partial charge < -0.3 is 5.32 Å². The minimum Gasteiger partial charge on any atom is -0.310 e. The summed E-state index contributed by atoms with van der Waals surface area (Å²) in [7, 11) is 0. The van der Waals surface area contributed by atoms with E-state index < -0.39 is 0 Å². The van der Waals surface area contributed by atoms with Gasteiger partial charge in [0.25, 0.3) is 0 Å². The lowest BCUT2D eigenvalue weighted by Gasteiger charge is -2.23. The van der Waals surface area contributed by atoms with Gasteiger partial charge in [0.1, 0.15) is 5.82 Å². The SMILES string of the molecule is N#C[C@]1(c2ccc3cnc(NC(=O)C4CCC4)cc3c2)CC12CC2. The molecular weight excluding hydrogens is 298 g/mol. The molecule has 3 fully saturated rings. The van der Waals surface area contributed by atoms with Gasteiger partial charge in [-0.2, -0.15) is 5.26 Å². The van der Waals surface area contributed by atoms with E-state index in [1.165, 1.54) is 12.8 Å². The molecule has 3 aliphatic rings. The first-order valence-corrected chi connectivity index (χ1v) is 8.78. The molecule has 3 saturated carbocycles. The number of amides is 1. The van der Waals surface area contributed by atoms with Crippen LogP contribution in [0.25, 0.3) is 10.8 Å². The number of fused-ring (bicyclic) bond motifs is 1. The van der Waals surface area contributed by atoms with Gasteiger partial charge in [-0.25, -0.2) is 4.98 Å². The predicted molar refractivity (Wildman–Crippen MR) is 91.3 cm³/mol. The van der Waals surface area contributed by atoms with Gasteiger partial charge in [-0.05, 0) is 60.6 Å². The molecule has 1 amide bonds. The Morgan fingerprint density at radius 2 is 2.08 bits per heavy atom. The van der Waals surface area contributed by atoms with Crippen molar-refractivity contribution in [3.05, 3.63) is 36.0 Å². The predicted octanol–water partition coefficient (Wildman–Crippen LogP) is 3.92. The lowest BCUT2D eigenvalue weighted by Crippen LogP contribution is -2.28. The molecule has 120 valence electrons. The molecule has 0 saturated heterocycles. The Labute approximate surface area is 140 Å². The van der Waals surface area contributed by atoms with Crippen LogP contribution in [0.2, 0.25) is 0 Å². The molecule has 0 unspecified atom stereocenters. The molecule has 1 heterocycles. The van der Waals surface area contributed by atoms with Crippen LogP contribution < -0.4 is 5.32 Å². The van der Waals surface area contributed by atoms with Crippen LogP contribution >= 0.6 is 0 Å². The van der Waals surface area contributed by atoms with E-state index in [-0.39, 0.29) is 22.7 Å². The van der Waals surface area contributed by atoms with Crippen LogP contribution in [0, 0.1) is 22.7 Å². The number of hydrogen-bond donors (Lipinski definition) is 1. The van der Waals surface area contributed by atoms with Crippen LogP contribution in [-0.4, -0.2) is 10.9 Å². The maximum atomic E-state index is 12.1. The van der Waals surface area contributed by atoms with Gasteiger partial charge in [0, 0.05) is 17.5 Å². The average molecular weight is 317 g/mol. The number of nitrogens with one attached hydrogen (secondary N) is 1. The second-order valence-electron chi connectivity index (χ2n) is 7.72. The van der Waals surface area contributed by atoms with Crippen LogP contribution in [0.3, 0.4) is 0 Å². The van der Waals surface area contributed by atoms with Gasteiger partial charge in [-0.1, -0.05) is 18.6 Å². The first kappa shape index (κ1) is 14.0. The number of pyridine rings is 1. The normalized spacial score (nSPS) is 26.6.